The highest BCUT2D eigenvalue weighted by Crippen LogP contribution is 2.08. The Labute approximate surface area is 146 Å². The SMILES string of the molecule is C.C.C.CC[N+](CC)(CC)CCC[N+](C)(C)C.[Br-].[Br-]. The number of hydrogen-bond donors (Lipinski definition) is 0. The first-order chi connectivity index (χ1) is 6.39. The molecule has 0 saturated carbocycles. The first-order valence-electron chi connectivity index (χ1n) is 6.04. The molecule has 0 amide bonds. The van der Waals surface area contributed by atoms with Crippen molar-refractivity contribution in [1.82, 2.24) is 0 Å². The number of halogens is 2. The molecule has 0 aromatic carbocycles. The van der Waals surface area contributed by atoms with Gasteiger partial charge in [0.1, 0.15) is 0 Å². The normalized spacial score (nSPS) is 9.79. The number of rotatable bonds is 7. The van der Waals surface area contributed by atoms with Gasteiger partial charge in [0, 0.05) is 6.42 Å². The Morgan fingerprint density at radius 2 is 0.947 bits per heavy atom. The minimum absolute atomic E-state index is 0. The summed E-state index contributed by atoms with van der Waals surface area (Å²) in [6.45, 7) is 13.4. The van der Waals surface area contributed by atoms with E-state index in [1.165, 1.54) is 43.6 Å². The molecule has 0 heterocycles. The molecule has 0 radical (unpaired) electrons. The van der Waals surface area contributed by atoms with Crippen LogP contribution in [-0.4, -0.2) is 62.8 Å². The average Bonchev–Trinajstić information content (AvgIpc) is 2.11. The van der Waals surface area contributed by atoms with Crippen LogP contribution in [-0.2, 0) is 0 Å². The Morgan fingerprint density at radius 3 is 1.16 bits per heavy atom. The molecule has 0 saturated heterocycles. The molecule has 0 unspecified atom stereocenters. The Balaban J connectivity index is -0.0000000845. The van der Waals surface area contributed by atoms with Gasteiger partial charge in [0.05, 0.1) is 53.9 Å². The average molecular weight is 410 g/mol. The van der Waals surface area contributed by atoms with Gasteiger partial charge in [-0.3, -0.25) is 0 Å². The van der Waals surface area contributed by atoms with Gasteiger partial charge in [-0.1, -0.05) is 22.3 Å². The van der Waals surface area contributed by atoms with Crippen LogP contribution in [0.25, 0.3) is 0 Å². The topological polar surface area (TPSA) is 0 Å². The molecule has 0 aliphatic rings. The van der Waals surface area contributed by atoms with E-state index in [1.807, 2.05) is 0 Å². The summed E-state index contributed by atoms with van der Waals surface area (Å²) in [6, 6.07) is 0. The summed E-state index contributed by atoms with van der Waals surface area (Å²) in [5.41, 5.74) is 0. The molecule has 0 aromatic rings. The third kappa shape index (κ3) is 16.8. The highest BCUT2D eigenvalue weighted by atomic mass is 79.9. The summed E-state index contributed by atoms with van der Waals surface area (Å²) in [5.74, 6) is 0. The molecule has 2 nitrogen and oxygen atoms in total. The Morgan fingerprint density at radius 1 is 0.632 bits per heavy atom. The zero-order valence-corrected chi connectivity index (χ0v) is 15.1. The van der Waals surface area contributed by atoms with E-state index in [4.69, 9.17) is 0 Å². The lowest BCUT2D eigenvalue weighted by atomic mass is 10.2. The second kappa shape index (κ2) is 16.9. The molecule has 0 bridgehead atoms. The fraction of sp³-hybridized carbons (Fsp3) is 1.00. The maximum atomic E-state index is 2.32. The van der Waals surface area contributed by atoms with Crippen LogP contribution in [0.4, 0.5) is 0 Å². The van der Waals surface area contributed by atoms with Gasteiger partial charge < -0.3 is 42.9 Å². The molecule has 0 spiro atoms. The first-order valence-corrected chi connectivity index (χ1v) is 6.04. The summed E-state index contributed by atoms with van der Waals surface area (Å²) >= 11 is 0. The van der Waals surface area contributed by atoms with Gasteiger partial charge >= 0.3 is 0 Å². The zero-order chi connectivity index (χ0) is 11.2. The van der Waals surface area contributed by atoms with E-state index in [0.29, 0.717) is 0 Å². The summed E-state index contributed by atoms with van der Waals surface area (Å²) in [6.07, 6.45) is 1.35. The van der Waals surface area contributed by atoms with Gasteiger partial charge in [0.25, 0.3) is 0 Å². The molecule has 19 heavy (non-hydrogen) atoms. The van der Waals surface area contributed by atoms with Crippen molar-refractivity contribution in [3.63, 3.8) is 0 Å². The maximum Gasteiger partial charge on any atom is 0.0840 e. The van der Waals surface area contributed by atoms with Gasteiger partial charge in [0.2, 0.25) is 0 Å². The predicted octanol–water partition coefficient (Wildman–Crippen LogP) is -2.12. The van der Waals surface area contributed by atoms with E-state index in [-0.39, 0.29) is 56.2 Å². The van der Waals surface area contributed by atoms with Gasteiger partial charge in [0.15, 0.2) is 0 Å². The Hall–Kier alpha value is 0.880. The summed E-state index contributed by atoms with van der Waals surface area (Å²) in [5, 5.41) is 0. The van der Waals surface area contributed by atoms with Gasteiger partial charge in [-0.15, -0.1) is 0 Å². The highest BCUT2D eigenvalue weighted by Gasteiger charge is 2.21. The van der Waals surface area contributed by atoms with Crippen molar-refractivity contribution >= 4 is 0 Å². The second-order valence-electron chi connectivity index (χ2n) is 5.38. The lowest BCUT2D eigenvalue weighted by Crippen LogP contribution is -3.00. The molecular weight excluding hydrogens is 368 g/mol. The Kier molecular flexibility index (Phi) is 32.8. The van der Waals surface area contributed by atoms with Crippen LogP contribution in [0.1, 0.15) is 49.5 Å². The number of nitrogens with zero attached hydrogens (tertiary/aromatic N) is 2. The third-order valence-corrected chi connectivity index (χ3v) is 3.47. The molecular formula is C15H42Br2N2. The zero-order valence-electron chi connectivity index (χ0n) is 11.9. The minimum atomic E-state index is 0. The molecule has 0 atom stereocenters. The van der Waals surface area contributed by atoms with Crippen LogP contribution >= 0.6 is 0 Å². The molecule has 0 fully saturated rings. The van der Waals surface area contributed by atoms with Crippen LogP contribution in [0.15, 0.2) is 0 Å². The number of hydrogen-bond acceptors (Lipinski definition) is 0. The standard InChI is InChI=1S/C12H30N2.3CH4.2BrH/c1-7-14(8-2,9-3)12-10-11-13(4,5)6;;;;;/h7-12H2,1-6H3;3*1H4;2*1H/q+2;;;;;/p-2. The van der Waals surface area contributed by atoms with E-state index in [9.17, 15) is 0 Å². The monoisotopic (exact) mass is 408 g/mol. The quantitative estimate of drug-likeness (QED) is 0.421. The predicted molar refractivity (Wildman–Crippen MR) is 84.5 cm³/mol. The van der Waals surface area contributed by atoms with E-state index in [0.717, 1.165) is 4.48 Å². The fourth-order valence-corrected chi connectivity index (χ4v) is 2.03. The van der Waals surface area contributed by atoms with Crippen LogP contribution in [0.2, 0.25) is 0 Å². The van der Waals surface area contributed by atoms with Crippen LogP contribution in [0.5, 0.6) is 0 Å². The van der Waals surface area contributed by atoms with E-state index in [1.54, 1.807) is 0 Å². The molecule has 126 valence electrons. The molecule has 4 heteroatoms. The van der Waals surface area contributed by atoms with Gasteiger partial charge in [-0.25, -0.2) is 0 Å². The summed E-state index contributed by atoms with van der Waals surface area (Å²) in [4.78, 5) is 0. The molecule has 0 aliphatic heterocycles. The van der Waals surface area contributed by atoms with Crippen LogP contribution in [0.3, 0.4) is 0 Å². The van der Waals surface area contributed by atoms with Crippen molar-refractivity contribution in [3.05, 3.63) is 0 Å². The first kappa shape index (κ1) is 36.8. The fourth-order valence-electron chi connectivity index (χ4n) is 2.03. The Bertz CT molecular complexity index is 144. The van der Waals surface area contributed by atoms with Crippen molar-refractivity contribution < 1.29 is 42.9 Å². The lowest BCUT2D eigenvalue weighted by molar-refractivity contribution is -0.929. The van der Waals surface area contributed by atoms with Crippen molar-refractivity contribution in [2.75, 3.05) is 53.9 Å². The number of quaternary nitrogens is 2. The maximum absolute atomic E-state index is 2.32. The van der Waals surface area contributed by atoms with E-state index >= 15 is 0 Å². The molecule has 0 aromatic heterocycles. The van der Waals surface area contributed by atoms with Crippen LogP contribution < -0.4 is 34.0 Å². The van der Waals surface area contributed by atoms with Gasteiger partial charge in [-0.05, 0) is 20.8 Å². The summed E-state index contributed by atoms with van der Waals surface area (Å²) < 4.78 is 2.39. The van der Waals surface area contributed by atoms with Crippen molar-refractivity contribution in [2.24, 2.45) is 0 Å². The minimum Gasteiger partial charge on any atom is -1.00 e. The van der Waals surface area contributed by atoms with Crippen molar-refractivity contribution in [3.8, 4) is 0 Å². The molecule has 0 aliphatic carbocycles. The third-order valence-electron chi connectivity index (χ3n) is 3.47. The van der Waals surface area contributed by atoms with E-state index < -0.39 is 0 Å². The smallest absolute Gasteiger partial charge is 0.0840 e. The largest absolute Gasteiger partial charge is 1.00 e. The molecule has 0 N–H and O–H groups in total. The van der Waals surface area contributed by atoms with Gasteiger partial charge in [-0.2, -0.15) is 0 Å². The highest BCUT2D eigenvalue weighted by molar-refractivity contribution is 4.40. The van der Waals surface area contributed by atoms with Crippen LogP contribution in [0, 0.1) is 0 Å². The van der Waals surface area contributed by atoms with Crippen molar-refractivity contribution in [1.29, 1.82) is 0 Å². The summed E-state index contributed by atoms with van der Waals surface area (Å²) in [7, 11) is 6.83. The lowest BCUT2D eigenvalue weighted by Gasteiger charge is -2.36. The van der Waals surface area contributed by atoms with Crippen molar-refractivity contribution in [2.45, 2.75) is 49.5 Å². The second-order valence-corrected chi connectivity index (χ2v) is 5.38. The molecule has 0 rings (SSSR count). The van der Waals surface area contributed by atoms with E-state index in [2.05, 4.69) is 41.9 Å².